The maximum absolute atomic E-state index is 6.18. The number of aromatic nitrogens is 2. The van der Waals surface area contributed by atoms with Crippen LogP contribution in [0.15, 0.2) is 54.6 Å². The number of fused-ring (bicyclic) bond motifs is 4. The molecule has 104 valence electrons. The monoisotopic (exact) mass is 304 g/mol. The van der Waals surface area contributed by atoms with Gasteiger partial charge in [-0.1, -0.05) is 36.4 Å². The minimum atomic E-state index is 0.251. The molecule has 0 saturated carbocycles. The predicted octanol–water partition coefficient (Wildman–Crippen LogP) is 5.21. The van der Waals surface area contributed by atoms with E-state index in [-0.39, 0.29) is 5.28 Å². The molecule has 3 nitrogen and oxygen atoms in total. The molecule has 4 aromatic rings. The SMILES string of the molecule is Clc1nc2c3c(cccc3n1)Oc1c-2ccc2ccccc12. The number of nitrogens with zero attached hydrogens (tertiary/aromatic N) is 2. The molecule has 0 bridgehead atoms. The largest absolute Gasteiger partial charge is 0.455 e. The van der Waals surface area contributed by atoms with Crippen molar-refractivity contribution >= 4 is 33.3 Å². The van der Waals surface area contributed by atoms with Crippen LogP contribution in [0.5, 0.6) is 11.5 Å². The lowest BCUT2D eigenvalue weighted by Gasteiger charge is -2.21. The van der Waals surface area contributed by atoms with Gasteiger partial charge in [-0.05, 0) is 35.2 Å². The topological polar surface area (TPSA) is 35.0 Å². The molecule has 0 saturated heterocycles. The van der Waals surface area contributed by atoms with Crippen molar-refractivity contribution in [1.82, 2.24) is 9.97 Å². The number of hydrogen-bond acceptors (Lipinski definition) is 3. The molecule has 1 aliphatic rings. The summed E-state index contributed by atoms with van der Waals surface area (Å²) >= 11 is 6.10. The summed E-state index contributed by atoms with van der Waals surface area (Å²) in [4.78, 5) is 8.74. The number of rotatable bonds is 0. The Kier molecular flexibility index (Phi) is 2.27. The highest BCUT2D eigenvalue weighted by Gasteiger charge is 2.24. The second-order valence-corrected chi connectivity index (χ2v) is 5.60. The summed E-state index contributed by atoms with van der Waals surface area (Å²) in [6.07, 6.45) is 0. The molecule has 1 aromatic heterocycles. The van der Waals surface area contributed by atoms with E-state index in [0.29, 0.717) is 0 Å². The minimum absolute atomic E-state index is 0.251. The zero-order valence-electron chi connectivity index (χ0n) is 11.4. The van der Waals surface area contributed by atoms with Crippen LogP contribution in [0.1, 0.15) is 0 Å². The van der Waals surface area contributed by atoms with E-state index in [1.807, 2.05) is 36.4 Å². The highest BCUT2D eigenvalue weighted by atomic mass is 35.5. The van der Waals surface area contributed by atoms with Crippen molar-refractivity contribution in [3.8, 4) is 22.8 Å². The zero-order valence-corrected chi connectivity index (χ0v) is 12.1. The van der Waals surface area contributed by atoms with Crippen molar-refractivity contribution in [3.05, 3.63) is 59.9 Å². The molecule has 0 fully saturated rings. The van der Waals surface area contributed by atoms with Gasteiger partial charge < -0.3 is 4.74 Å². The predicted molar refractivity (Wildman–Crippen MR) is 87.6 cm³/mol. The van der Waals surface area contributed by atoms with Crippen LogP contribution in [0.3, 0.4) is 0 Å². The van der Waals surface area contributed by atoms with Crippen LogP contribution >= 0.6 is 11.6 Å². The van der Waals surface area contributed by atoms with E-state index in [2.05, 4.69) is 28.2 Å². The second-order valence-electron chi connectivity index (χ2n) is 5.26. The van der Waals surface area contributed by atoms with Crippen LogP contribution in [0.4, 0.5) is 0 Å². The van der Waals surface area contributed by atoms with Crippen LogP contribution in [-0.2, 0) is 0 Å². The summed E-state index contributed by atoms with van der Waals surface area (Å²) < 4.78 is 6.18. The Hall–Kier alpha value is -2.65. The molecule has 4 heteroatoms. The van der Waals surface area contributed by atoms with Gasteiger partial charge in [0.2, 0.25) is 5.28 Å². The summed E-state index contributed by atoms with van der Waals surface area (Å²) in [5, 5.41) is 3.37. The molecule has 0 spiro atoms. The quantitative estimate of drug-likeness (QED) is 0.368. The third-order valence-corrected chi connectivity index (χ3v) is 4.17. The lowest BCUT2D eigenvalue weighted by molar-refractivity contribution is 0.492. The van der Waals surface area contributed by atoms with Gasteiger partial charge in [-0.2, -0.15) is 0 Å². The van der Waals surface area contributed by atoms with Gasteiger partial charge in [0.05, 0.1) is 16.6 Å². The zero-order chi connectivity index (χ0) is 14.7. The number of halogens is 1. The van der Waals surface area contributed by atoms with Gasteiger partial charge in [0.15, 0.2) is 0 Å². The van der Waals surface area contributed by atoms with Gasteiger partial charge in [0.1, 0.15) is 11.5 Å². The van der Waals surface area contributed by atoms with Crippen molar-refractivity contribution in [1.29, 1.82) is 0 Å². The summed E-state index contributed by atoms with van der Waals surface area (Å²) in [6, 6.07) is 18.0. The Labute approximate surface area is 131 Å². The normalized spacial score (nSPS) is 12.2. The van der Waals surface area contributed by atoms with Gasteiger partial charge in [0, 0.05) is 10.9 Å². The maximum atomic E-state index is 6.18. The first-order valence-electron chi connectivity index (χ1n) is 6.97. The molecule has 0 aliphatic carbocycles. The van der Waals surface area contributed by atoms with Crippen molar-refractivity contribution in [3.63, 3.8) is 0 Å². The van der Waals surface area contributed by atoms with Crippen LogP contribution in [0, 0.1) is 0 Å². The minimum Gasteiger partial charge on any atom is -0.455 e. The first kappa shape index (κ1) is 12.0. The third kappa shape index (κ3) is 1.51. The Morgan fingerprint density at radius 2 is 1.77 bits per heavy atom. The third-order valence-electron chi connectivity index (χ3n) is 4.00. The summed E-state index contributed by atoms with van der Waals surface area (Å²) in [5.41, 5.74) is 2.58. The van der Waals surface area contributed by atoms with Gasteiger partial charge in [0.25, 0.3) is 0 Å². The van der Waals surface area contributed by atoms with Gasteiger partial charge >= 0.3 is 0 Å². The standard InChI is InChI=1S/C18H9ClN2O/c19-18-20-13-6-3-7-14-15(13)16(21-18)12-9-8-10-4-1-2-5-11(10)17(12)22-14/h1-9H. The van der Waals surface area contributed by atoms with Crippen LogP contribution < -0.4 is 4.74 Å². The van der Waals surface area contributed by atoms with Crippen LogP contribution in [0.2, 0.25) is 5.28 Å². The van der Waals surface area contributed by atoms with E-state index >= 15 is 0 Å². The van der Waals surface area contributed by atoms with Gasteiger partial charge in [-0.25, -0.2) is 9.97 Å². The first-order chi connectivity index (χ1) is 10.8. The van der Waals surface area contributed by atoms with E-state index < -0.39 is 0 Å². The maximum Gasteiger partial charge on any atom is 0.223 e. The highest BCUT2D eigenvalue weighted by Crippen LogP contribution is 2.48. The van der Waals surface area contributed by atoms with E-state index in [9.17, 15) is 0 Å². The number of ether oxygens (including phenoxy) is 1. The van der Waals surface area contributed by atoms with E-state index in [1.165, 1.54) is 0 Å². The molecular weight excluding hydrogens is 296 g/mol. The second kappa shape index (κ2) is 4.18. The van der Waals surface area contributed by atoms with Crippen molar-refractivity contribution in [2.24, 2.45) is 0 Å². The Morgan fingerprint density at radius 1 is 0.864 bits per heavy atom. The molecule has 0 amide bonds. The van der Waals surface area contributed by atoms with E-state index in [4.69, 9.17) is 16.3 Å². The van der Waals surface area contributed by atoms with Crippen molar-refractivity contribution < 1.29 is 4.74 Å². The average Bonchev–Trinajstić information content (AvgIpc) is 2.54. The van der Waals surface area contributed by atoms with Crippen LogP contribution in [-0.4, -0.2) is 9.97 Å². The fraction of sp³-hybridized carbons (Fsp3) is 0. The Morgan fingerprint density at radius 3 is 2.73 bits per heavy atom. The lowest BCUT2D eigenvalue weighted by Crippen LogP contribution is -2.01. The van der Waals surface area contributed by atoms with Crippen LogP contribution in [0.25, 0.3) is 32.9 Å². The van der Waals surface area contributed by atoms with Gasteiger partial charge in [-0.3, -0.25) is 0 Å². The van der Waals surface area contributed by atoms with Crippen molar-refractivity contribution in [2.75, 3.05) is 0 Å². The molecule has 0 atom stereocenters. The number of benzene rings is 3. The summed E-state index contributed by atoms with van der Waals surface area (Å²) in [6.45, 7) is 0. The van der Waals surface area contributed by atoms with Gasteiger partial charge in [-0.15, -0.1) is 0 Å². The lowest BCUT2D eigenvalue weighted by atomic mass is 9.98. The van der Waals surface area contributed by atoms with E-state index in [1.54, 1.807) is 0 Å². The number of hydrogen-bond donors (Lipinski definition) is 0. The highest BCUT2D eigenvalue weighted by molar-refractivity contribution is 6.29. The molecule has 2 heterocycles. The molecule has 0 N–H and O–H groups in total. The average molecular weight is 305 g/mol. The molecule has 0 radical (unpaired) electrons. The molecule has 1 aliphatic heterocycles. The summed E-state index contributed by atoms with van der Waals surface area (Å²) in [5.74, 6) is 1.60. The smallest absolute Gasteiger partial charge is 0.223 e. The fourth-order valence-corrected chi connectivity index (χ4v) is 3.23. The van der Waals surface area contributed by atoms with Crippen molar-refractivity contribution in [2.45, 2.75) is 0 Å². The molecule has 22 heavy (non-hydrogen) atoms. The molecule has 0 unspecified atom stereocenters. The molecule has 5 rings (SSSR count). The molecular formula is C18H9ClN2O. The first-order valence-corrected chi connectivity index (χ1v) is 7.35. The Balaban J connectivity index is 1.98. The Bertz CT molecular complexity index is 1080. The molecule has 3 aromatic carbocycles. The fourth-order valence-electron chi connectivity index (χ4n) is 3.05. The van der Waals surface area contributed by atoms with E-state index in [0.717, 1.165) is 44.4 Å². The summed E-state index contributed by atoms with van der Waals surface area (Å²) in [7, 11) is 0.